The van der Waals surface area contributed by atoms with E-state index in [2.05, 4.69) is 15.2 Å². The van der Waals surface area contributed by atoms with Crippen LogP contribution in [0.25, 0.3) is 0 Å². The lowest BCUT2D eigenvalue weighted by Crippen LogP contribution is -2.12. The van der Waals surface area contributed by atoms with Crippen molar-refractivity contribution in [2.75, 3.05) is 26.5 Å². The zero-order valence-electron chi connectivity index (χ0n) is 8.19. The van der Waals surface area contributed by atoms with Gasteiger partial charge in [-0.05, 0) is 0 Å². The molecule has 6 heteroatoms. The van der Waals surface area contributed by atoms with Crippen LogP contribution in [0.3, 0.4) is 0 Å². The minimum absolute atomic E-state index is 0.119. The van der Waals surface area contributed by atoms with Gasteiger partial charge in [-0.2, -0.15) is 0 Å². The highest BCUT2D eigenvalue weighted by Crippen LogP contribution is 2.46. The highest BCUT2D eigenvalue weighted by atomic mass is 31.2. The van der Waals surface area contributed by atoms with Gasteiger partial charge in [0.15, 0.2) is 13.2 Å². The predicted molar refractivity (Wildman–Crippen MR) is 50.9 cm³/mol. The van der Waals surface area contributed by atoms with Crippen LogP contribution < -0.4 is 0 Å². The van der Waals surface area contributed by atoms with Crippen LogP contribution in [0.15, 0.2) is 0 Å². The van der Waals surface area contributed by atoms with E-state index in [0.717, 1.165) is 0 Å². The summed E-state index contributed by atoms with van der Waals surface area (Å²) in [5.74, 6) is 1.47. The summed E-state index contributed by atoms with van der Waals surface area (Å²) in [4.78, 5) is 10.9. The molecule has 0 aliphatic carbocycles. The Labute approximate surface area is 83.3 Å². The van der Waals surface area contributed by atoms with E-state index in [9.17, 15) is 9.36 Å². The average molecular weight is 220 g/mol. The molecule has 0 saturated heterocycles. The van der Waals surface area contributed by atoms with Gasteiger partial charge in [-0.15, -0.1) is 6.42 Å². The minimum Gasteiger partial charge on any atom is -0.451 e. The van der Waals surface area contributed by atoms with Crippen molar-refractivity contribution in [3.8, 4) is 12.3 Å². The molecule has 0 amide bonds. The van der Waals surface area contributed by atoms with Crippen LogP contribution in [0.2, 0.25) is 0 Å². The van der Waals surface area contributed by atoms with Crippen molar-refractivity contribution in [3.05, 3.63) is 0 Å². The zero-order valence-corrected chi connectivity index (χ0v) is 9.08. The number of hydrogen-bond acceptors (Lipinski definition) is 5. The molecule has 5 nitrogen and oxygen atoms in total. The topological polar surface area (TPSA) is 61.8 Å². The molecular formula is C8H13O5P. The summed E-state index contributed by atoms with van der Waals surface area (Å²) in [6, 6.07) is 0. The summed E-state index contributed by atoms with van der Waals surface area (Å²) < 4.78 is 25.3. The molecule has 0 aromatic heterocycles. The molecule has 0 aliphatic rings. The molecule has 80 valence electrons. The molecule has 0 radical (unpaired) electrons. The smallest absolute Gasteiger partial charge is 0.333 e. The van der Waals surface area contributed by atoms with Gasteiger partial charge in [-0.1, -0.05) is 12.8 Å². The number of esters is 1. The van der Waals surface area contributed by atoms with Gasteiger partial charge in [-0.25, -0.2) is 4.79 Å². The minimum atomic E-state index is -3.12. The van der Waals surface area contributed by atoms with Crippen molar-refractivity contribution in [2.24, 2.45) is 0 Å². The first-order chi connectivity index (χ1) is 6.58. The summed E-state index contributed by atoms with van der Waals surface area (Å²) in [6.07, 6.45) is 5.06. The first-order valence-electron chi connectivity index (χ1n) is 3.96. The van der Waals surface area contributed by atoms with Crippen LogP contribution in [0.4, 0.5) is 0 Å². The highest BCUT2D eigenvalue weighted by Gasteiger charge is 2.21. The Morgan fingerprint density at radius 3 is 2.64 bits per heavy atom. The van der Waals surface area contributed by atoms with Gasteiger partial charge >= 0.3 is 13.6 Å². The van der Waals surface area contributed by atoms with Crippen LogP contribution in [0.5, 0.6) is 0 Å². The molecule has 0 aromatic rings. The Balaban J connectivity index is 3.88. The van der Waals surface area contributed by atoms with E-state index in [-0.39, 0.29) is 12.8 Å². The molecule has 0 saturated carbocycles. The van der Waals surface area contributed by atoms with Gasteiger partial charge in [0.1, 0.15) is 0 Å². The van der Waals surface area contributed by atoms with E-state index >= 15 is 0 Å². The molecule has 0 aliphatic heterocycles. The van der Waals surface area contributed by atoms with Crippen molar-refractivity contribution in [2.45, 2.75) is 6.92 Å². The normalized spacial score (nSPS) is 14.1. The highest BCUT2D eigenvalue weighted by molar-refractivity contribution is 7.53. The second kappa shape index (κ2) is 6.61. The standard InChI is InChI=1S/C8H13O5P/c1-4-6-12-8(9)7-13-14(10,5-2)11-3/h1H,5-7H2,2-3H3. The molecule has 1 atom stereocenters. The van der Waals surface area contributed by atoms with Gasteiger partial charge < -0.3 is 9.26 Å². The van der Waals surface area contributed by atoms with Crippen molar-refractivity contribution >= 4 is 13.6 Å². The number of rotatable bonds is 6. The number of ether oxygens (including phenoxy) is 1. The van der Waals surface area contributed by atoms with Gasteiger partial charge in [0, 0.05) is 13.3 Å². The van der Waals surface area contributed by atoms with Gasteiger partial charge in [0.05, 0.1) is 0 Å². The maximum Gasteiger partial charge on any atom is 0.333 e. The third-order valence-corrected chi connectivity index (χ3v) is 3.21. The fourth-order valence-corrected chi connectivity index (χ4v) is 1.44. The van der Waals surface area contributed by atoms with Crippen molar-refractivity contribution in [3.63, 3.8) is 0 Å². The van der Waals surface area contributed by atoms with E-state index < -0.39 is 20.2 Å². The van der Waals surface area contributed by atoms with Crippen LogP contribution >= 0.6 is 7.60 Å². The Morgan fingerprint density at radius 2 is 2.21 bits per heavy atom. The maximum atomic E-state index is 11.4. The zero-order chi connectivity index (χ0) is 11.0. The SMILES string of the molecule is C#CCOC(=O)COP(=O)(CC)OC. The first kappa shape index (κ1) is 13.2. The van der Waals surface area contributed by atoms with Gasteiger partial charge in [0.2, 0.25) is 0 Å². The number of carbonyl (C=O) groups is 1. The molecule has 0 N–H and O–H groups in total. The van der Waals surface area contributed by atoms with Crippen molar-refractivity contribution in [1.82, 2.24) is 0 Å². The molecule has 0 heterocycles. The maximum absolute atomic E-state index is 11.4. The van der Waals surface area contributed by atoms with E-state index in [1.165, 1.54) is 7.11 Å². The Bertz CT molecular complexity index is 259. The van der Waals surface area contributed by atoms with Crippen LogP contribution in [-0.4, -0.2) is 32.5 Å². The summed E-state index contributed by atoms with van der Waals surface area (Å²) in [6.45, 7) is 1.10. The average Bonchev–Trinajstić information content (AvgIpc) is 2.23. The Hall–Kier alpha value is -0.820. The summed E-state index contributed by atoms with van der Waals surface area (Å²) in [5.41, 5.74) is 0. The molecule has 0 aromatic carbocycles. The summed E-state index contributed by atoms with van der Waals surface area (Å²) in [7, 11) is -1.86. The van der Waals surface area contributed by atoms with E-state index in [1.54, 1.807) is 6.92 Å². The van der Waals surface area contributed by atoms with Crippen molar-refractivity contribution < 1.29 is 23.1 Å². The lowest BCUT2D eigenvalue weighted by atomic mass is 10.7. The quantitative estimate of drug-likeness (QED) is 0.380. The fraction of sp³-hybridized carbons (Fsp3) is 0.625. The third-order valence-electron chi connectivity index (χ3n) is 1.36. The van der Waals surface area contributed by atoms with Gasteiger partial charge in [0.25, 0.3) is 0 Å². The van der Waals surface area contributed by atoms with Crippen LogP contribution in [0.1, 0.15) is 6.92 Å². The monoisotopic (exact) mass is 220 g/mol. The molecule has 14 heavy (non-hydrogen) atoms. The summed E-state index contributed by atoms with van der Waals surface area (Å²) in [5, 5.41) is 0. The Morgan fingerprint density at radius 1 is 1.57 bits per heavy atom. The van der Waals surface area contributed by atoms with Crippen LogP contribution in [-0.2, 0) is 23.1 Å². The second-order valence-corrected chi connectivity index (χ2v) is 4.73. The Kier molecular flexibility index (Phi) is 6.22. The molecule has 1 unspecified atom stereocenters. The molecular weight excluding hydrogens is 207 g/mol. The fourth-order valence-electron chi connectivity index (χ4n) is 0.588. The van der Waals surface area contributed by atoms with Crippen LogP contribution in [0, 0.1) is 12.3 Å². The van der Waals surface area contributed by atoms with E-state index in [0.29, 0.717) is 0 Å². The lowest BCUT2D eigenvalue weighted by molar-refractivity contribution is -0.144. The predicted octanol–water partition coefficient (Wildman–Crippen LogP) is 1.04. The van der Waals surface area contributed by atoms with E-state index in [4.69, 9.17) is 10.9 Å². The molecule has 0 fully saturated rings. The first-order valence-corrected chi connectivity index (χ1v) is 5.69. The van der Waals surface area contributed by atoms with Crippen molar-refractivity contribution in [1.29, 1.82) is 0 Å². The second-order valence-electron chi connectivity index (χ2n) is 2.25. The molecule has 0 rings (SSSR count). The third kappa shape index (κ3) is 5.03. The largest absolute Gasteiger partial charge is 0.451 e. The van der Waals surface area contributed by atoms with Gasteiger partial charge in [-0.3, -0.25) is 9.09 Å². The summed E-state index contributed by atoms with van der Waals surface area (Å²) >= 11 is 0. The van der Waals surface area contributed by atoms with E-state index in [1.807, 2.05) is 0 Å². The number of terminal acetylenes is 1. The molecule has 0 spiro atoms. The molecule has 0 bridgehead atoms. The number of carbonyl (C=O) groups excluding carboxylic acids is 1. The number of hydrogen-bond donors (Lipinski definition) is 0. The lowest BCUT2D eigenvalue weighted by Gasteiger charge is -2.13.